The summed E-state index contributed by atoms with van der Waals surface area (Å²) in [5, 5.41) is 12.6. The number of nitrogens with zero attached hydrogens (tertiary/aromatic N) is 2. The average Bonchev–Trinajstić information content (AvgIpc) is 2.48. The summed E-state index contributed by atoms with van der Waals surface area (Å²) in [5.41, 5.74) is 2.27. The van der Waals surface area contributed by atoms with Crippen molar-refractivity contribution in [1.82, 2.24) is 0 Å². The molecule has 22 heavy (non-hydrogen) atoms. The van der Waals surface area contributed by atoms with E-state index >= 15 is 0 Å². The largest absolute Gasteiger partial charge is 0.358 e. The van der Waals surface area contributed by atoms with Gasteiger partial charge in [0.05, 0.1) is 0 Å². The summed E-state index contributed by atoms with van der Waals surface area (Å²) in [6.45, 7) is 3.71. The number of aryl methyl sites for hydroxylation is 2. The zero-order valence-corrected chi connectivity index (χ0v) is 13.0. The second kappa shape index (κ2) is 6.41. The van der Waals surface area contributed by atoms with Crippen LogP contribution in [0.15, 0.2) is 58.6 Å². The van der Waals surface area contributed by atoms with E-state index in [0.717, 1.165) is 11.1 Å². The number of rotatable bonds is 4. The third-order valence-electron chi connectivity index (χ3n) is 2.93. The predicted octanol–water partition coefficient (Wildman–Crippen LogP) is 2.94. The van der Waals surface area contributed by atoms with E-state index in [-0.39, 0.29) is 10.6 Å². The van der Waals surface area contributed by atoms with Crippen molar-refractivity contribution in [3.63, 3.8) is 0 Å². The molecule has 0 unspecified atom stereocenters. The molecule has 0 N–H and O–H groups in total. The van der Waals surface area contributed by atoms with Crippen molar-refractivity contribution in [2.24, 2.45) is 5.16 Å². The van der Waals surface area contributed by atoms with Crippen molar-refractivity contribution in [3.05, 3.63) is 65.2 Å². The van der Waals surface area contributed by atoms with Crippen LogP contribution >= 0.6 is 0 Å². The molecule has 112 valence electrons. The Labute approximate surface area is 129 Å². The maximum absolute atomic E-state index is 12.0. The maximum atomic E-state index is 12.0. The van der Waals surface area contributed by atoms with Crippen molar-refractivity contribution in [2.45, 2.75) is 18.7 Å². The van der Waals surface area contributed by atoms with Gasteiger partial charge in [0.1, 0.15) is 11.0 Å². The highest BCUT2D eigenvalue weighted by Crippen LogP contribution is 2.14. The number of hydrogen-bond donors (Lipinski definition) is 0. The Morgan fingerprint density at radius 2 is 1.77 bits per heavy atom. The Bertz CT molecular complexity index is 848. The molecule has 0 saturated carbocycles. The lowest BCUT2D eigenvalue weighted by Crippen LogP contribution is -2.06. The molecule has 2 aromatic carbocycles. The van der Waals surface area contributed by atoms with Crippen LogP contribution in [0.3, 0.4) is 0 Å². The molecule has 2 rings (SSSR count). The smallest absolute Gasteiger partial charge is 0.263 e. The molecule has 5 nitrogen and oxygen atoms in total. The predicted molar refractivity (Wildman–Crippen MR) is 82.8 cm³/mol. The van der Waals surface area contributed by atoms with Crippen molar-refractivity contribution >= 4 is 15.8 Å². The van der Waals surface area contributed by atoms with Crippen LogP contribution in [0.5, 0.6) is 0 Å². The molecule has 0 amide bonds. The summed E-state index contributed by atoms with van der Waals surface area (Å²) in [4.78, 5) is -0.0108. The molecule has 0 aliphatic heterocycles. The highest BCUT2D eigenvalue weighted by molar-refractivity contribution is 7.86. The van der Waals surface area contributed by atoms with Gasteiger partial charge >= 0.3 is 10.1 Å². The molecule has 0 aliphatic rings. The molecule has 0 atom stereocenters. The normalized spacial score (nSPS) is 11.8. The van der Waals surface area contributed by atoms with Gasteiger partial charge in [0.25, 0.3) is 0 Å². The Hall–Kier alpha value is -2.65. The summed E-state index contributed by atoms with van der Waals surface area (Å²) >= 11 is 0. The van der Waals surface area contributed by atoms with Crippen molar-refractivity contribution in [1.29, 1.82) is 5.26 Å². The second-order valence-corrected chi connectivity index (χ2v) is 6.29. The lowest BCUT2D eigenvalue weighted by atomic mass is 10.1. The van der Waals surface area contributed by atoms with E-state index in [2.05, 4.69) is 9.44 Å². The minimum atomic E-state index is -4.04. The molecule has 0 heterocycles. The minimum absolute atomic E-state index is 0.0108. The molecule has 0 bridgehead atoms. The van der Waals surface area contributed by atoms with E-state index < -0.39 is 10.1 Å². The first-order valence-electron chi connectivity index (χ1n) is 6.48. The number of hydrogen-bond acceptors (Lipinski definition) is 5. The molecule has 0 fully saturated rings. The van der Waals surface area contributed by atoms with Gasteiger partial charge in [-0.3, -0.25) is 4.28 Å². The molecule has 0 spiro atoms. The highest BCUT2D eigenvalue weighted by atomic mass is 32.2. The van der Waals surface area contributed by atoms with Gasteiger partial charge in [0, 0.05) is 5.56 Å². The molecule has 2 aromatic rings. The van der Waals surface area contributed by atoms with Gasteiger partial charge in [-0.2, -0.15) is 13.7 Å². The number of benzene rings is 2. The third kappa shape index (κ3) is 3.71. The van der Waals surface area contributed by atoms with Gasteiger partial charge in [0.2, 0.25) is 0 Å². The fraction of sp³-hybridized carbons (Fsp3) is 0.125. The zero-order chi connectivity index (χ0) is 16.2. The first-order valence-corrected chi connectivity index (χ1v) is 7.88. The highest BCUT2D eigenvalue weighted by Gasteiger charge is 2.16. The SMILES string of the molecule is Cc1ccc(S(=O)(=O)ON=C(C#N)c2cccc(C)c2)cc1. The summed E-state index contributed by atoms with van der Waals surface area (Å²) in [6, 6.07) is 15.0. The van der Waals surface area contributed by atoms with Gasteiger partial charge in [-0.1, -0.05) is 46.6 Å². The first kappa shape index (κ1) is 15.7. The fourth-order valence-corrected chi connectivity index (χ4v) is 2.49. The molecular formula is C16H14N2O3S. The summed E-state index contributed by atoms with van der Waals surface area (Å²) in [6.07, 6.45) is 0. The second-order valence-electron chi connectivity index (χ2n) is 4.76. The van der Waals surface area contributed by atoms with Crippen molar-refractivity contribution < 1.29 is 12.7 Å². The Kier molecular flexibility index (Phi) is 4.59. The Morgan fingerprint density at radius 1 is 1.09 bits per heavy atom. The van der Waals surface area contributed by atoms with Gasteiger partial charge in [-0.25, -0.2) is 0 Å². The molecule has 0 saturated heterocycles. The van der Waals surface area contributed by atoms with Crippen molar-refractivity contribution in [2.75, 3.05) is 0 Å². The monoisotopic (exact) mass is 314 g/mol. The zero-order valence-electron chi connectivity index (χ0n) is 12.1. The van der Waals surface area contributed by atoms with E-state index in [9.17, 15) is 8.42 Å². The number of oxime groups is 1. The van der Waals surface area contributed by atoms with Crippen LogP contribution in [0.25, 0.3) is 0 Å². The van der Waals surface area contributed by atoms with E-state index in [4.69, 9.17) is 5.26 Å². The third-order valence-corrected chi connectivity index (χ3v) is 4.05. The van der Waals surface area contributed by atoms with E-state index in [1.54, 1.807) is 30.3 Å². The first-order chi connectivity index (χ1) is 10.4. The van der Waals surface area contributed by atoms with Gasteiger partial charge in [-0.15, -0.1) is 0 Å². The van der Waals surface area contributed by atoms with Crippen LogP contribution in [0, 0.1) is 25.2 Å². The van der Waals surface area contributed by atoms with Crippen LogP contribution in [-0.2, 0) is 14.4 Å². The quantitative estimate of drug-likeness (QED) is 0.642. The Balaban J connectivity index is 2.29. The van der Waals surface area contributed by atoms with Crippen molar-refractivity contribution in [3.8, 4) is 6.07 Å². The fourth-order valence-electron chi connectivity index (χ4n) is 1.76. The summed E-state index contributed by atoms with van der Waals surface area (Å²) in [5.74, 6) is 0. The standard InChI is InChI=1S/C16H14N2O3S/c1-12-6-8-15(9-7-12)22(19,20)21-18-16(11-17)14-5-3-4-13(2)10-14/h3-10H,1-2H3. The topological polar surface area (TPSA) is 79.5 Å². The lowest BCUT2D eigenvalue weighted by molar-refractivity contribution is 0.339. The molecular weight excluding hydrogens is 300 g/mol. The van der Waals surface area contributed by atoms with Crippen LogP contribution in [0.4, 0.5) is 0 Å². The van der Waals surface area contributed by atoms with Crippen LogP contribution in [0.2, 0.25) is 0 Å². The molecule has 6 heteroatoms. The van der Waals surface area contributed by atoms with Crippen LogP contribution < -0.4 is 0 Å². The minimum Gasteiger partial charge on any atom is -0.263 e. The average molecular weight is 314 g/mol. The molecule has 0 aromatic heterocycles. The van der Waals surface area contributed by atoms with E-state index in [1.807, 2.05) is 26.0 Å². The Morgan fingerprint density at radius 3 is 2.36 bits per heavy atom. The lowest BCUT2D eigenvalue weighted by Gasteiger charge is -2.03. The van der Waals surface area contributed by atoms with E-state index in [0.29, 0.717) is 5.56 Å². The summed E-state index contributed by atoms with van der Waals surface area (Å²) < 4.78 is 28.7. The summed E-state index contributed by atoms with van der Waals surface area (Å²) in [7, 11) is -4.04. The molecule has 0 aliphatic carbocycles. The van der Waals surface area contributed by atoms with E-state index in [1.165, 1.54) is 12.1 Å². The van der Waals surface area contributed by atoms with Gasteiger partial charge in [-0.05, 0) is 32.0 Å². The van der Waals surface area contributed by atoms with Crippen LogP contribution in [-0.4, -0.2) is 14.1 Å². The van der Waals surface area contributed by atoms with Gasteiger partial charge in [0.15, 0.2) is 5.71 Å². The van der Waals surface area contributed by atoms with Crippen LogP contribution in [0.1, 0.15) is 16.7 Å². The van der Waals surface area contributed by atoms with Gasteiger partial charge < -0.3 is 0 Å². The molecule has 0 radical (unpaired) electrons. The number of nitriles is 1. The maximum Gasteiger partial charge on any atom is 0.358 e.